The summed E-state index contributed by atoms with van der Waals surface area (Å²) in [4.78, 5) is 28.0. The molecule has 0 N–H and O–H groups in total. The molecule has 28 heavy (non-hydrogen) atoms. The highest BCUT2D eigenvalue weighted by molar-refractivity contribution is 7.20. The van der Waals surface area contributed by atoms with Crippen molar-refractivity contribution in [2.45, 2.75) is 26.7 Å². The van der Waals surface area contributed by atoms with Gasteiger partial charge in [0.25, 0.3) is 5.91 Å². The smallest absolute Gasteiger partial charge is 0.348 e. The Morgan fingerprint density at radius 2 is 2.07 bits per heavy atom. The number of hydrogen-bond donors (Lipinski definition) is 0. The minimum absolute atomic E-state index is 0.118. The zero-order valence-electron chi connectivity index (χ0n) is 16.1. The van der Waals surface area contributed by atoms with Crippen molar-refractivity contribution in [3.63, 3.8) is 0 Å². The molecule has 7 heteroatoms. The normalized spacial score (nSPS) is 17.1. The lowest BCUT2D eigenvalue weighted by atomic mass is 10.0. The lowest BCUT2D eigenvalue weighted by molar-refractivity contribution is -0.136. The van der Waals surface area contributed by atoms with E-state index in [1.807, 2.05) is 41.9 Å². The minimum atomic E-state index is -0.460. The highest BCUT2D eigenvalue weighted by atomic mass is 32.1. The van der Waals surface area contributed by atoms with Crippen LogP contribution in [0.15, 0.2) is 36.4 Å². The Hall–Kier alpha value is -2.67. The molecule has 6 nitrogen and oxygen atoms in total. The standard InChI is InChI=1S/C21H23N3O3S/c1-14-7-6-10-23(12-14)19(25)13-27-21(26)18-11-17-15(2)22-24(20(17)28-18)16-8-4-3-5-9-16/h3-5,8-9,11,14H,6-7,10,12-13H2,1-2H3/t14-/m1/s1. The number of aromatic nitrogens is 2. The fourth-order valence-electron chi connectivity index (χ4n) is 3.60. The number of nitrogens with zero attached hydrogens (tertiary/aromatic N) is 3. The molecule has 0 unspecified atom stereocenters. The molecule has 0 aliphatic carbocycles. The molecule has 0 saturated carbocycles. The topological polar surface area (TPSA) is 64.4 Å². The van der Waals surface area contributed by atoms with E-state index < -0.39 is 5.97 Å². The van der Waals surface area contributed by atoms with Gasteiger partial charge in [-0.3, -0.25) is 4.79 Å². The highest BCUT2D eigenvalue weighted by Gasteiger charge is 2.23. The maximum atomic E-state index is 12.5. The molecule has 1 aliphatic rings. The first-order valence-corrected chi connectivity index (χ1v) is 10.3. The van der Waals surface area contributed by atoms with Crippen LogP contribution in [0.4, 0.5) is 0 Å². The number of rotatable bonds is 4. The molecule has 0 radical (unpaired) electrons. The molecule has 1 atom stereocenters. The van der Waals surface area contributed by atoms with Crippen LogP contribution in [0.5, 0.6) is 0 Å². The van der Waals surface area contributed by atoms with Crippen molar-refractivity contribution >= 4 is 33.4 Å². The van der Waals surface area contributed by atoms with E-state index in [1.165, 1.54) is 11.3 Å². The molecule has 0 bridgehead atoms. The Bertz CT molecular complexity index is 1010. The van der Waals surface area contributed by atoms with E-state index in [0.717, 1.165) is 47.5 Å². The average Bonchev–Trinajstić information content (AvgIpc) is 3.27. The average molecular weight is 398 g/mol. The van der Waals surface area contributed by atoms with Crippen LogP contribution in [0.3, 0.4) is 0 Å². The SMILES string of the molecule is Cc1nn(-c2ccccc2)c2sc(C(=O)OCC(=O)N3CCC[C@@H](C)C3)cc12. The van der Waals surface area contributed by atoms with Crippen LogP contribution < -0.4 is 0 Å². The number of benzene rings is 1. The number of aryl methyl sites for hydroxylation is 1. The van der Waals surface area contributed by atoms with Crippen molar-refractivity contribution in [1.82, 2.24) is 14.7 Å². The maximum Gasteiger partial charge on any atom is 0.348 e. The number of para-hydroxylation sites is 1. The molecule has 1 amide bonds. The zero-order chi connectivity index (χ0) is 19.7. The first kappa shape index (κ1) is 18.7. The van der Waals surface area contributed by atoms with E-state index in [-0.39, 0.29) is 12.5 Å². The van der Waals surface area contributed by atoms with Crippen LogP contribution in [-0.2, 0) is 9.53 Å². The van der Waals surface area contributed by atoms with Crippen molar-refractivity contribution in [2.24, 2.45) is 5.92 Å². The van der Waals surface area contributed by atoms with E-state index >= 15 is 0 Å². The van der Waals surface area contributed by atoms with Gasteiger partial charge in [0.15, 0.2) is 6.61 Å². The second kappa shape index (κ2) is 7.75. The summed E-state index contributed by atoms with van der Waals surface area (Å²) in [5.41, 5.74) is 1.80. The molecule has 1 aliphatic heterocycles. The van der Waals surface area contributed by atoms with Crippen LogP contribution in [0.1, 0.15) is 35.1 Å². The summed E-state index contributed by atoms with van der Waals surface area (Å²) in [7, 11) is 0. The van der Waals surface area contributed by atoms with Gasteiger partial charge in [-0.05, 0) is 43.9 Å². The van der Waals surface area contributed by atoms with Crippen LogP contribution in [0.2, 0.25) is 0 Å². The Balaban J connectivity index is 1.48. The molecule has 146 valence electrons. The molecule has 3 heterocycles. The number of carbonyl (C=O) groups excluding carboxylic acids is 2. The number of piperidine rings is 1. The summed E-state index contributed by atoms with van der Waals surface area (Å²) in [6.07, 6.45) is 2.15. The van der Waals surface area contributed by atoms with Crippen LogP contribution >= 0.6 is 11.3 Å². The molecule has 2 aromatic heterocycles. The number of hydrogen-bond acceptors (Lipinski definition) is 5. The quantitative estimate of drug-likeness (QED) is 0.628. The number of esters is 1. The van der Waals surface area contributed by atoms with E-state index in [9.17, 15) is 9.59 Å². The summed E-state index contributed by atoms with van der Waals surface area (Å²) in [5, 5.41) is 5.50. The van der Waals surface area contributed by atoms with Gasteiger partial charge in [0.05, 0.1) is 11.4 Å². The van der Waals surface area contributed by atoms with Gasteiger partial charge in [0, 0.05) is 18.5 Å². The van der Waals surface area contributed by atoms with E-state index in [2.05, 4.69) is 12.0 Å². The third-order valence-corrected chi connectivity index (χ3v) is 6.17. The molecule has 4 rings (SSSR count). The first-order valence-electron chi connectivity index (χ1n) is 9.52. The second-order valence-electron chi connectivity index (χ2n) is 7.33. The first-order chi connectivity index (χ1) is 13.5. The second-order valence-corrected chi connectivity index (χ2v) is 8.36. The van der Waals surface area contributed by atoms with Crippen molar-refractivity contribution in [1.29, 1.82) is 0 Å². The van der Waals surface area contributed by atoms with Crippen molar-refractivity contribution in [3.05, 3.63) is 47.0 Å². The fourth-order valence-corrected chi connectivity index (χ4v) is 4.67. The molecule has 1 fully saturated rings. The minimum Gasteiger partial charge on any atom is -0.451 e. The summed E-state index contributed by atoms with van der Waals surface area (Å²) >= 11 is 1.34. The van der Waals surface area contributed by atoms with Gasteiger partial charge in [-0.1, -0.05) is 25.1 Å². The van der Waals surface area contributed by atoms with E-state index in [0.29, 0.717) is 10.8 Å². The molecule has 1 saturated heterocycles. The monoisotopic (exact) mass is 397 g/mol. The molecule has 1 aromatic carbocycles. The lowest BCUT2D eigenvalue weighted by Crippen LogP contribution is -2.41. The number of ether oxygens (including phenoxy) is 1. The Kier molecular flexibility index (Phi) is 5.17. The van der Waals surface area contributed by atoms with Crippen LogP contribution in [-0.4, -0.2) is 46.3 Å². The molecule has 0 spiro atoms. The number of likely N-dealkylation sites (tertiary alicyclic amines) is 1. The summed E-state index contributed by atoms with van der Waals surface area (Å²) in [6.45, 7) is 5.34. The number of fused-ring (bicyclic) bond motifs is 1. The Labute approximate surface area is 167 Å². The third kappa shape index (κ3) is 3.67. The molecular weight excluding hydrogens is 374 g/mol. The van der Waals surface area contributed by atoms with Gasteiger partial charge in [-0.15, -0.1) is 11.3 Å². The number of amides is 1. The maximum absolute atomic E-state index is 12.5. The van der Waals surface area contributed by atoms with Crippen LogP contribution in [0, 0.1) is 12.8 Å². The lowest BCUT2D eigenvalue weighted by Gasteiger charge is -2.30. The summed E-state index contributed by atoms with van der Waals surface area (Å²) in [5.74, 6) is -0.0776. The molecule has 3 aromatic rings. The van der Waals surface area contributed by atoms with Gasteiger partial charge in [0.2, 0.25) is 0 Å². The van der Waals surface area contributed by atoms with Gasteiger partial charge < -0.3 is 9.64 Å². The summed E-state index contributed by atoms with van der Waals surface area (Å²) in [6, 6.07) is 11.6. The fraction of sp³-hybridized carbons (Fsp3) is 0.381. The Morgan fingerprint density at radius 1 is 1.29 bits per heavy atom. The molecular formula is C21H23N3O3S. The van der Waals surface area contributed by atoms with Crippen molar-refractivity contribution in [3.8, 4) is 5.69 Å². The van der Waals surface area contributed by atoms with Crippen molar-refractivity contribution < 1.29 is 14.3 Å². The van der Waals surface area contributed by atoms with E-state index in [4.69, 9.17) is 4.74 Å². The zero-order valence-corrected chi connectivity index (χ0v) is 16.9. The predicted molar refractivity (Wildman–Crippen MR) is 109 cm³/mol. The summed E-state index contributed by atoms with van der Waals surface area (Å²) < 4.78 is 7.15. The third-order valence-electron chi connectivity index (χ3n) is 5.08. The predicted octanol–water partition coefficient (Wildman–Crippen LogP) is 3.81. The van der Waals surface area contributed by atoms with Gasteiger partial charge in [0.1, 0.15) is 9.71 Å². The van der Waals surface area contributed by atoms with Crippen LogP contribution in [0.25, 0.3) is 15.9 Å². The van der Waals surface area contributed by atoms with Gasteiger partial charge >= 0.3 is 5.97 Å². The number of thiophene rings is 1. The van der Waals surface area contributed by atoms with Gasteiger partial charge in [-0.25, -0.2) is 9.48 Å². The Morgan fingerprint density at radius 3 is 2.82 bits per heavy atom. The van der Waals surface area contributed by atoms with Gasteiger partial charge in [-0.2, -0.15) is 5.10 Å². The number of carbonyl (C=O) groups is 2. The van der Waals surface area contributed by atoms with Crippen molar-refractivity contribution in [2.75, 3.05) is 19.7 Å². The largest absolute Gasteiger partial charge is 0.451 e. The highest BCUT2D eigenvalue weighted by Crippen LogP contribution is 2.30. The van der Waals surface area contributed by atoms with E-state index in [1.54, 1.807) is 11.0 Å².